The van der Waals surface area contributed by atoms with Crippen LogP contribution in [0.1, 0.15) is 30.9 Å². The number of aliphatic carboxylic acids is 1. The fourth-order valence-corrected chi connectivity index (χ4v) is 4.19. The zero-order valence-electron chi connectivity index (χ0n) is 17.8. The van der Waals surface area contributed by atoms with E-state index in [1.807, 2.05) is 6.07 Å². The van der Waals surface area contributed by atoms with Gasteiger partial charge in [0, 0.05) is 26.1 Å². The van der Waals surface area contributed by atoms with E-state index in [4.69, 9.17) is 14.6 Å². The third-order valence-electron chi connectivity index (χ3n) is 6.07. The number of fused-ring (bicyclic) bond motifs is 1. The van der Waals surface area contributed by atoms with Gasteiger partial charge < -0.3 is 14.6 Å². The van der Waals surface area contributed by atoms with E-state index in [1.54, 1.807) is 12.1 Å². The maximum Gasteiger partial charge on any atom is 0.309 e. The molecule has 0 amide bonds. The van der Waals surface area contributed by atoms with Crippen molar-refractivity contribution in [1.82, 2.24) is 4.90 Å². The maximum atomic E-state index is 12.9. The summed E-state index contributed by atoms with van der Waals surface area (Å²) < 4.78 is 24.4. The van der Waals surface area contributed by atoms with Gasteiger partial charge in [0.05, 0.1) is 19.1 Å². The molecule has 5 nitrogen and oxygen atoms in total. The summed E-state index contributed by atoms with van der Waals surface area (Å²) in [7, 11) is 0. The molecule has 0 radical (unpaired) electrons. The highest BCUT2D eigenvalue weighted by Gasteiger charge is 2.33. The number of halogens is 1. The van der Waals surface area contributed by atoms with Gasteiger partial charge in [-0.2, -0.15) is 0 Å². The minimum Gasteiger partial charge on any atom is -0.493 e. The largest absolute Gasteiger partial charge is 0.493 e. The highest BCUT2D eigenvalue weighted by molar-refractivity contribution is 5.73. The van der Waals surface area contributed by atoms with Crippen molar-refractivity contribution in [1.29, 1.82) is 0 Å². The number of rotatable bonds is 9. The summed E-state index contributed by atoms with van der Waals surface area (Å²) in [5, 5.41) is 9.05. The van der Waals surface area contributed by atoms with Gasteiger partial charge in [-0.15, -0.1) is 0 Å². The Labute approximate surface area is 182 Å². The van der Waals surface area contributed by atoms with E-state index in [2.05, 4.69) is 24.0 Å². The number of carboxylic acids is 1. The van der Waals surface area contributed by atoms with E-state index in [1.165, 1.54) is 34.4 Å². The molecule has 0 bridgehead atoms. The van der Waals surface area contributed by atoms with Gasteiger partial charge in [0.1, 0.15) is 17.3 Å². The molecule has 0 unspecified atom stereocenters. The van der Waals surface area contributed by atoms with Crippen LogP contribution in [0.4, 0.5) is 4.39 Å². The van der Waals surface area contributed by atoms with Crippen LogP contribution in [0.15, 0.2) is 48.0 Å². The van der Waals surface area contributed by atoms with Gasteiger partial charge in [-0.25, -0.2) is 4.39 Å². The van der Waals surface area contributed by atoms with Crippen molar-refractivity contribution >= 4 is 11.5 Å². The van der Waals surface area contributed by atoms with Crippen molar-refractivity contribution < 1.29 is 23.8 Å². The number of likely N-dealkylation sites (tertiary alicyclic amines) is 1. The van der Waals surface area contributed by atoms with E-state index in [9.17, 15) is 9.18 Å². The number of ether oxygens (including phenoxy) is 2. The normalized spacial score (nSPS) is 16.6. The van der Waals surface area contributed by atoms with Gasteiger partial charge >= 0.3 is 5.97 Å². The van der Waals surface area contributed by atoms with Gasteiger partial charge in [-0.05, 0) is 72.9 Å². The highest BCUT2D eigenvalue weighted by atomic mass is 19.1. The molecule has 1 saturated heterocycles. The lowest BCUT2D eigenvalue weighted by atomic mass is 9.85. The van der Waals surface area contributed by atoms with Crippen LogP contribution in [-0.2, 0) is 11.2 Å². The molecule has 0 aromatic heterocycles. The predicted octanol–water partition coefficient (Wildman–Crippen LogP) is 4.41. The van der Waals surface area contributed by atoms with E-state index in [0.717, 1.165) is 31.6 Å². The van der Waals surface area contributed by atoms with Crippen LogP contribution in [0.2, 0.25) is 0 Å². The number of carboxylic acid groups (broad SMARTS) is 1. The molecule has 1 heterocycles. The van der Waals surface area contributed by atoms with E-state index in [-0.39, 0.29) is 11.7 Å². The maximum absolute atomic E-state index is 12.9. The van der Waals surface area contributed by atoms with Crippen molar-refractivity contribution in [2.24, 2.45) is 5.92 Å². The molecule has 2 aromatic rings. The Balaban J connectivity index is 1.26. The molecule has 0 spiro atoms. The average Bonchev–Trinajstić information content (AvgIpc) is 2.72. The van der Waals surface area contributed by atoms with Crippen molar-refractivity contribution in [2.75, 3.05) is 32.8 Å². The molecule has 4 rings (SSSR count). The van der Waals surface area contributed by atoms with E-state index < -0.39 is 5.97 Å². The van der Waals surface area contributed by atoms with Crippen molar-refractivity contribution in [3.05, 3.63) is 65.0 Å². The van der Waals surface area contributed by atoms with Crippen molar-refractivity contribution in [2.45, 2.75) is 26.2 Å². The van der Waals surface area contributed by atoms with Gasteiger partial charge in [0.25, 0.3) is 0 Å². The molecule has 2 aromatic carbocycles. The standard InChI is InChI=1S/C25H28FNO4/c1-17-19(14-27-15-20(16-27)25(28)29)4-3-18-13-23(9-10-24(17)18)31-12-2-11-30-22-7-5-21(26)6-8-22/h5-10,13,20H,2-4,11-12,14-16H2,1H3,(H,28,29). The molecule has 1 N–H and O–H groups in total. The Bertz CT molecular complexity index is 964. The lowest BCUT2D eigenvalue weighted by molar-refractivity contribution is -0.147. The molecule has 1 fully saturated rings. The van der Waals surface area contributed by atoms with Crippen LogP contribution in [0.5, 0.6) is 11.5 Å². The second kappa shape index (κ2) is 9.52. The van der Waals surface area contributed by atoms with Gasteiger partial charge in [-0.1, -0.05) is 11.6 Å². The van der Waals surface area contributed by atoms with Crippen LogP contribution >= 0.6 is 0 Å². The second-order valence-corrected chi connectivity index (χ2v) is 8.28. The monoisotopic (exact) mass is 425 g/mol. The van der Waals surface area contributed by atoms with Crippen molar-refractivity contribution in [3.8, 4) is 11.5 Å². The predicted molar refractivity (Wildman–Crippen MR) is 117 cm³/mol. The molecule has 164 valence electrons. The number of hydrogen-bond acceptors (Lipinski definition) is 4. The first-order valence-electron chi connectivity index (χ1n) is 10.8. The Morgan fingerprint density at radius 1 is 1.06 bits per heavy atom. The first kappa shape index (κ1) is 21.4. The lowest BCUT2D eigenvalue weighted by Crippen LogP contribution is -2.50. The van der Waals surface area contributed by atoms with E-state index >= 15 is 0 Å². The number of carbonyl (C=O) groups is 1. The van der Waals surface area contributed by atoms with Crippen LogP contribution in [0, 0.1) is 11.7 Å². The number of allylic oxidation sites excluding steroid dienone is 1. The van der Waals surface area contributed by atoms with Crippen LogP contribution in [0.3, 0.4) is 0 Å². The summed E-state index contributed by atoms with van der Waals surface area (Å²) in [6, 6.07) is 12.3. The Morgan fingerprint density at radius 3 is 2.45 bits per heavy atom. The lowest BCUT2D eigenvalue weighted by Gasteiger charge is -2.38. The quantitative estimate of drug-likeness (QED) is 0.603. The molecule has 1 aliphatic heterocycles. The third-order valence-corrected chi connectivity index (χ3v) is 6.07. The Kier molecular flexibility index (Phi) is 6.56. The molecule has 6 heteroatoms. The zero-order valence-corrected chi connectivity index (χ0v) is 17.8. The Morgan fingerprint density at radius 2 is 1.74 bits per heavy atom. The third kappa shape index (κ3) is 5.25. The highest BCUT2D eigenvalue weighted by Crippen LogP contribution is 2.34. The average molecular weight is 426 g/mol. The summed E-state index contributed by atoms with van der Waals surface area (Å²) in [6.07, 6.45) is 2.72. The van der Waals surface area contributed by atoms with Crippen molar-refractivity contribution in [3.63, 3.8) is 0 Å². The zero-order chi connectivity index (χ0) is 21.8. The second-order valence-electron chi connectivity index (χ2n) is 8.28. The van der Waals surface area contributed by atoms with Gasteiger partial charge in [0.2, 0.25) is 0 Å². The van der Waals surface area contributed by atoms with Crippen LogP contribution < -0.4 is 9.47 Å². The SMILES string of the molecule is CC1=C(CN2CC(C(=O)O)C2)CCc2cc(OCCCOc3ccc(F)cc3)ccc21. The molecule has 31 heavy (non-hydrogen) atoms. The summed E-state index contributed by atoms with van der Waals surface area (Å²) in [5.41, 5.74) is 5.28. The van der Waals surface area contributed by atoms with E-state index in [0.29, 0.717) is 32.1 Å². The fraction of sp³-hybridized carbons (Fsp3) is 0.400. The fourth-order valence-electron chi connectivity index (χ4n) is 4.19. The molecule has 2 aliphatic rings. The van der Waals surface area contributed by atoms with Gasteiger partial charge in [0.15, 0.2) is 0 Å². The summed E-state index contributed by atoms with van der Waals surface area (Å²) in [5.74, 6) is 0.351. The minimum atomic E-state index is -0.689. The number of nitrogens with zero attached hydrogens (tertiary/aromatic N) is 1. The summed E-state index contributed by atoms with van der Waals surface area (Å²) >= 11 is 0. The van der Waals surface area contributed by atoms with Crippen LogP contribution in [-0.4, -0.2) is 48.8 Å². The summed E-state index contributed by atoms with van der Waals surface area (Å²) in [6.45, 7) is 5.39. The first-order chi connectivity index (χ1) is 15.0. The number of aryl methyl sites for hydroxylation is 1. The number of benzene rings is 2. The summed E-state index contributed by atoms with van der Waals surface area (Å²) in [4.78, 5) is 13.2. The smallest absolute Gasteiger partial charge is 0.309 e. The Hall–Kier alpha value is -2.86. The molecular weight excluding hydrogens is 397 g/mol. The minimum absolute atomic E-state index is 0.211. The first-order valence-corrected chi connectivity index (χ1v) is 10.8. The van der Waals surface area contributed by atoms with Gasteiger partial charge in [-0.3, -0.25) is 9.69 Å². The molecule has 1 aliphatic carbocycles. The molecule has 0 atom stereocenters. The van der Waals surface area contributed by atoms with Crippen LogP contribution in [0.25, 0.3) is 5.57 Å². The number of hydrogen-bond donors (Lipinski definition) is 1. The molecule has 0 saturated carbocycles. The molecular formula is C25H28FNO4. The topological polar surface area (TPSA) is 59.0 Å².